The van der Waals surface area contributed by atoms with Crippen molar-refractivity contribution in [3.8, 4) is 0 Å². The smallest absolute Gasteiger partial charge is 0.305 e. The predicted molar refractivity (Wildman–Crippen MR) is 77.5 cm³/mol. The average Bonchev–Trinajstić information content (AvgIpc) is 2.91. The number of carboxylic acids is 1. The highest BCUT2D eigenvalue weighted by atomic mass is 32.2. The Bertz CT molecular complexity index is 551. The van der Waals surface area contributed by atoms with Crippen LogP contribution >= 0.6 is 0 Å². The summed E-state index contributed by atoms with van der Waals surface area (Å²) in [7, 11) is -3.60. The molecule has 0 atom stereocenters. The van der Waals surface area contributed by atoms with Gasteiger partial charge in [-0.3, -0.25) is 9.48 Å². The number of nitrogens with zero attached hydrogens (tertiary/aromatic N) is 3. The molecule has 0 fully saturated rings. The number of sulfonamides is 1. The molecule has 1 heterocycles. The standard InChI is InChI=1S/C12H22N4O4S/c1-3-15(4-2)8-6-14-21(19,20)11-9-13-16(10-11)7-5-12(17)18/h9-10,14H,3-8H2,1-2H3,(H,17,18). The molecule has 21 heavy (non-hydrogen) atoms. The van der Waals surface area contributed by atoms with Crippen molar-refractivity contribution in [3.05, 3.63) is 12.4 Å². The van der Waals surface area contributed by atoms with Crippen LogP contribution in [-0.4, -0.2) is 60.4 Å². The fraction of sp³-hybridized carbons (Fsp3) is 0.667. The SMILES string of the molecule is CCN(CC)CCNS(=O)(=O)c1cnn(CCC(=O)O)c1. The first-order valence-electron chi connectivity index (χ1n) is 6.85. The molecule has 1 aromatic rings. The molecule has 9 heteroatoms. The van der Waals surface area contributed by atoms with Crippen LogP contribution in [0.25, 0.3) is 0 Å². The molecule has 0 bridgehead atoms. The van der Waals surface area contributed by atoms with Crippen LogP contribution < -0.4 is 4.72 Å². The Labute approximate surface area is 124 Å². The Kier molecular flexibility index (Phi) is 6.79. The summed E-state index contributed by atoms with van der Waals surface area (Å²) in [4.78, 5) is 12.6. The molecular weight excluding hydrogens is 296 g/mol. The zero-order valence-electron chi connectivity index (χ0n) is 12.3. The minimum Gasteiger partial charge on any atom is -0.481 e. The summed E-state index contributed by atoms with van der Waals surface area (Å²) in [5, 5.41) is 12.4. The van der Waals surface area contributed by atoms with Crippen LogP contribution in [0.1, 0.15) is 20.3 Å². The van der Waals surface area contributed by atoms with Crippen molar-refractivity contribution in [2.24, 2.45) is 0 Å². The number of hydrogen-bond acceptors (Lipinski definition) is 5. The summed E-state index contributed by atoms with van der Waals surface area (Å²) < 4.78 is 27.9. The van der Waals surface area contributed by atoms with Gasteiger partial charge in [-0.15, -0.1) is 0 Å². The molecule has 0 saturated carbocycles. The summed E-state index contributed by atoms with van der Waals surface area (Å²) in [6, 6.07) is 0. The van der Waals surface area contributed by atoms with Crippen molar-refractivity contribution in [1.82, 2.24) is 19.4 Å². The van der Waals surface area contributed by atoms with Gasteiger partial charge in [0.25, 0.3) is 0 Å². The fourth-order valence-corrected chi connectivity index (χ4v) is 2.75. The van der Waals surface area contributed by atoms with E-state index in [0.717, 1.165) is 13.1 Å². The summed E-state index contributed by atoms with van der Waals surface area (Å²) in [6.07, 6.45) is 2.46. The van der Waals surface area contributed by atoms with Gasteiger partial charge in [-0.25, -0.2) is 13.1 Å². The van der Waals surface area contributed by atoms with Crippen LogP contribution in [0.3, 0.4) is 0 Å². The van der Waals surface area contributed by atoms with Crippen molar-refractivity contribution in [3.63, 3.8) is 0 Å². The second kappa shape index (κ2) is 8.11. The number of aliphatic carboxylic acids is 1. The Morgan fingerprint density at radius 2 is 2.10 bits per heavy atom. The minimum atomic E-state index is -3.60. The molecule has 1 aromatic heterocycles. The summed E-state index contributed by atoms with van der Waals surface area (Å²) in [5.41, 5.74) is 0. The maximum Gasteiger partial charge on any atom is 0.305 e. The molecule has 120 valence electrons. The first kappa shape index (κ1) is 17.6. The van der Waals surface area contributed by atoms with Gasteiger partial charge in [-0.2, -0.15) is 5.10 Å². The lowest BCUT2D eigenvalue weighted by atomic mass is 10.4. The highest BCUT2D eigenvalue weighted by molar-refractivity contribution is 7.89. The lowest BCUT2D eigenvalue weighted by Crippen LogP contribution is -2.34. The first-order valence-corrected chi connectivity index (χ1v) is 8.33. The van der Waals surface area contributed by atoms with E-state index >= 15 is 0 Å². The first-order chi connectivity index (χ1) is 9.89. The van der Waals surface area contributed by atoms with Gasteiger partial charge in [-0.1, -0.05) is 13.8 Å². The number of nitrogens with one attached hydrogen (secondary N) is 1. The number of likely N-dealkylation sites (N-methyl/N-ethyl adjacent to an activating group) is 1. The van der Waals surface area contributed by atoms with Gasteiger partial charge in [-0.05, 0) is 13.1 Å². The highest BCUT2D eigenvalue weighted by Gasteiger charge is 2.16. The van der Waals surface area contributed by atoms with E-state index in [1.165, 1.54) is 17.1 Å². The van der Waals surface area contributed by atoms with Crippen molar-refractivity contribution in [2.75, 3.05) is 26.2 Å². The van der Waals surface area contributed by atoms with E-state index in [-0.39, 0.29) is 17.9 Å². The van der Waals surface area contributed by atoms with E-state index in [4.69, 9.17) is 5.11 Å². The third kappa shape index (κ3) is 5.82. The maximum atomic E-state index is 12.0. The second-order valence-corrected chi connectivity index (χ2v) is 6.27. The number of hydrogen-bond donors (Lipinski definition) is 2. The number of carboxylic acid groups (broad SMARTS) is 1. The van der Waals surface area contributed by atoms with E-state index in [0.29, 0.717) is 13.1 Å². The molecule has 0 radical (unpaired) electrons. The molecule has 0 unspecified atom stereocenters. The molecule has 0 aromatic carbocycles. The number of carbonyl (C=O) groups is 1. The van der Waals surface area contributed by atoms with Crippen LogP contribution in [0.5, 0.6) is 0 Å². The minimum absolute atomic E-state index is 0.0486. The molecule has 0 aliphatic carbocycles. The van der Waals surface area contributed by atoms with Crippen LogP contribution in [0.4, 0.5) is 0 Å². The van der Waals surface area contributed by atoms with Crippen LogP contribution in [0.15, 0.2) is 17.3 Å². The van der Waals surface area contributed by atoms with Gasteiger partial charge in [0.15, 0.2) is 0 Å². The summed E-state index contributed by atoms with van der Waals surface area (Å²) in [5.74, 6) is -0.952. The lowest BCUT2D eigenvalue weighted by molar-refractivity contribution is -0.137. The van der Waals surface area contributed by atoms with Crippen molar-refractivity contribution in [1.29, 1.82) is 0 Å². The van der Waals surface area contributed by atoms with Gasteiger partial charge in [0.1, 0.15) is 4.90 Å². The molecule has 0 saturated heterocycles. The Hall–Kier alpha value is -1.45. The largest absolute Gasteiger partial charge is 0.481 e. The molecule has 8 nitrogen and oxygen atoms in total. The highest BCUT2D eigenvalue weighted by Crippen LogP contribution is 2.07. The predicted octanol–water partition coefficient (Wildman–Crippen LogP) is -0.0221. The van der Waals surface area contributed by atoms with Crippen molar-refractivity contribution >= 4 is 16.0 Å². The zero-order valence-corrected chi connectivity index (χ0v) is 13.1. The molecule has 2 N–H and O–H groups in total. The van der Waals surface area contributed by atoms with E-state index in [2.05, 4.69) is 14.7 Å². The van der Waals surface area contributed by atoms with Gasteiger partial charge >= 0.3 is 5.97 Å². The summed E-state index contributed by atoms with van der Waals surface area (Å²) in [6.45, 7) is 6.87. The number of aromatic nitrogens is 2. The summed E-state index contributed by atoms with van der Waals surface area (Å²) >= 11 is 0. The van der Waals surface area contributed by atoms with E-state index < -0.39 is 16.0 Å². The monoisotopic (exact) mass is 318 g/mol. The van der Waals surface area contributed by atoms with Gasteiger partial charge in [0.2, 0.25) is 10.0 Å². The zero-order chi connectivity index (χ0) is 15.9. The normalized spacial score (nSPS) is 12.0. The maximum absolute atomic E-state index is 12.0. The number of aryl methyl sites for hydroxylation is 1. The van der Waals surface area contributed by atoms with Gasteiger partial charge in [0, 0.05) is 19.3 Å². The van der Waals surface area contributed by atoms with E-state index in [1.807, 2.05) is 13.8 Å². The van der Waals surface area contributed by atoms with Gasteiger partial charge < -0.3 is 10.0 Å². The van der Waals surface area contributed by atoms with Gasteiger partial charge in [0.05, 0.1) is 19.2 Å². The van der Waals surface area contributed by atoms with Crippen molar-refractivity contribution in [2.45, 2.75) is 31.7 Å². The van der Waals surface area contributed by atoms with Crippen molar-refractivity contribution < 1.29 is 18.3 Å². The topological polar surface area (TPSA) is 105 Å². The Balaban J connectivity index is 2.56. The molecule has 0 amide bonds. The second-order valence-electron chi connectivity index (χ2n) is 4.51. The molecular formula is C12H22N4O4S. The fourth-order valence-electron chi connectivity index (χ4n) is 1.78. The Morgan fingerprint density at radius 3 is 2.67 bits per heavy atom. The quantitative estimate of drug-likeness (QED) is 0.628. The third-order valence-electron chi connectivity index (χ3n) is 3.09. The lowest BCUT2D eigenvalue weighted by Gasteiger charge is -2.17. The van der Waals surface area contributed by atoms with E-state index in [9.17, 15) is 13.2 Å². The molecule has 1 rings (SSSR count). The average molecular weight is 318 g/mol. The van der Waals surface area contributed by atoms with Crippen LogP contribution in [0, 0.1) is 0 Å². The van der Waals surface area contributed by atoms with Crippen LogP contribution in [-0.2, 0) is 21.4 Å². The Morgan fingerprint density at radius 1 is 1.43 bits per heavy atom. The molecule has 0 spiro atoms. The number of rotatable bonds is 10. The molecule has 0 aliphatic rings. The molecule has 0 aliphatic heterocycles. The van der Waals surface area contributed by atoms with Crippen LogP contribution in [0.2, 0.25) is 0 Å². The third-order valence-corrected chi connectivity index (χ3v) is 4.50. The van der Waals surface area contributed by atoms with E-state index in [1.54, 1.807) is 0 Å².